The lowest BCUT2D eigenvalue weighted by Gasteiger charge is -2.46. The summed E-state index contributed by atoms with van der Waals surface area (Å²) in [6.07, 6.45) is 0. The molecule has 0 unspecified atom stereocenters. The minimum atomic E-state index is 0.606. The van der Waals surface area contributed by atoms with Crippen molar-refractivity contribution in [2.24, 2.45) is 11.3 Å². The van der Waals surface area contributed by atoms with Crippen LogP contribution in [0.15, 0.2) is 0 Å². The van der Waals surface area contributed by atoms with E-state index in [4.69, 9.17) is 0 Å². The van der Waals surface area contributed by atoms with Gasteiger partial charge in [0.2, 0.25) is 0 Å². The minimum absolute atomic E-state index is 0.606. The lowest BCUT2D eigenvalue weighted by molar-refractivity contribution is 0.0221. The number of hydrogen-bond donors (Lipinski definition) is 0. The van der Waals surface area contributed by atoms with E-state index >= 15 is 0 Å². The van der Waals surface area contributed by atoms with Crippen LogP contribution in [0.4, 0.5) is 0 Å². The van der Waals surface area contributed by atoms with E-state index in [-0.39, 0.29) is 0 Å². The highest BCUT2D eigenvalue weighted by molar-refractivity contribution is 4.87. The van der Waals surface area contributed by atoms with Crippen LogP contribution in [0.25, 0.3) is 0 Å². The van der Waals surface area contributed by atoms with Gasteiger partial charge in [0.1, 0.15) is 0 Å². The molecule has 60 valence electrons. The Bertz CT molecular complexity index is 105. The summed E-state index contributed by atoms with van der Waals surface area (Å²) in [5.41, 5.74) is 0.606. The van der Waals surface area contributed by atoms with E-state index < -0.39 is 0 Å². The van der Waals surface area contributed by atoms with Gasteiger partial charge < -0.3 is 4.90 Å². The molecule has 0 saturated carbocycles. The maximum atomic E-state index is 2.53. The average molecular weight is 141 g/mol. The minimum Gasteiger partial charge on any atom is -0.302 e. The summed E-state index contributed by atoms with van der Waals surface area (Å²) in [5, 5.41) is 0. The molecule has 0 atom stereocenters. The third-order valence-electron chi connectivity index (χ3n) is 1.93. The highest BCUT2D eigenvalue weighted by atomic mass is 15.2. The Balaban J connectivity index is 2.15. The molecule has 0 radical (unpaired) electrons. The number of likely N-dealkylation sites (tertiary alicyclic amines) is 1. The van der Waals surface area contributed by atoms with Gasteiger partial charge in [-0.15, -0.1) is 0 Å². The Morgan fingerprint density at radius 3 is 2.10 bits per heavy atom. The zero-order chi connectivity index (χ0) is 7.78. The highest BCUT2D eigenvalue weighted by Gasteiger charge is 2.33. The van der Waals surface area contributed by atoms with Gasteiger partial charge in [0.15, 0.2) is 0 Å². The molecule has 1 fully saturated rings. The van der Waals surface area contributed by atoms with Crippen molar-refractivity contribution < 1.29 is 0 Å². The van der Waals surface area contributed by atoms with Crippen LogP contribution < -0.4 is 0 Å². The monoisotopic (exact) mass is 141 g/mol. The van der Waals surface area contributed by atoms with E-state index in [0.717, 1.165) is 5.92 Å². The van der Waals surface area contributed by atoms with Crippen LogP contribution in [-0.2, 0) is 0 Å². The van der Waals surface area contributed by atoms with Crippen molar-refractivity contribution in [1.82, 2.24) is 4.90 Å². The summed E-state index contributed by atoms with van der Waals surface area (Å²) in [4.78, 5) is 2.53. The summed E-state index contributed by atoms with van der Waals surface area (Å²) < 4.78 is 0. The second kappa shape index (κ2) is 2.54. The molecule has 10 heavy (non-hydrogen) atoms. The van der Waals surface area contributed by atoms with Gasteiger partial charge in [-0.2, -0.15) is 0 Å². The largest absolute Gasteiger partial charge is 0.302 e. The fraction of sp³-hybridized carbons (Fsp3) is 1.00. The van der Waals surface area contributed by atoms with Gasteiger partial charge in [-0.1, -0.05) is 27.7 Å². The first-order chi connectivity index (χ1) is 4.49. The van der Waals surface area contributed by atoms with Crippen molar-refractivity contribution in [2.45, 2.75) is 27.7 Å². The SMILES string of the molecule is CC(C)CN1CC(C)(C)C1. The predicted molar refractivity (Wildman–Crippen MR) is 45.1 cm³/mol. The van der Waals surface area contributed by atoms with Crippen molar-refractivity contribution in [3.05, 3.63) is 0 Å². The first-order valence-corrected chi connectivity index (χ1v) is 4.22. The predicted octanol–water partition coefficient (Wildman–Crippen LogP) is 1.98. The normalized spacial score (nSPS) is 24.9. The van der Waals surface area contributed by atoms with E-state index in [1.165, 1.54) is 19.6 Å². The van der Waals surface area contributed by atoms with Crippen molar-refractivity contribution in [1.29, 1.82) is 0 Å². The molecule has 1 heteroatoms. The number of rotatable bonds is 2. The second-order valence-electron chi connectivity index (χ2n) is 4.73. The van der Waals surface area contributed by atoms with Gasteiger partial charge in [-0.25, -0.2) is 0 Å². The molecule has 0 N–H and O–H groups in total. The molecule has 0 aromatic heterocycles. The van der Waals surface area contributed by atoms with E-state index in [1.54, 1.807) is 0 Å². The van der Waals surface area contributed by atoms with Crippen LogP contribution in [0.1, 0.15) is 27.7 Å². The van der Waals surface area contributed by atoms with E-state index in [0.29, 0.717) is 5.41 Å². The second-order valence-corrected chi connectivity index (χ2v) is 4.73. The molecular weight excluding hydrogens is 122 g/mol. The Morgan fingerprint density at radius 2 is 1.80 bits per heavy atom. The lowest BCUT2D eigenvalue weighted by atomic mass is 9.84. The topological polar surface area (TPSA) is 3.24 Å². The quantitative estimate of drug-likeness (QED) is 0.568. The van der Waals surface area contributed by atoms with Gasteiger partial charge >= 0.3 is 0 Å². The van der Waals surface area contributed by atoms with Crippen molar-refractivity contribution in [3.63, 3.8) is 0 Å². The molecule has 1 saturated heterocycles. The summed E-state index contributed by atoms with van der Waals surface area (Å²) in [6.45, 7) is 13.1. The lowest BCUT2D eigenvalue weighted by Crippen LogP contribution is -2.53. The van der Waals surface area contributed by atoms with Gasteiger partial charge in [-0.05, 0) is 11.3 Å². The van der Waals surface area contributed by atoms with Gasteiger partial charge in [0.05, 0.1) is 0 Å². The van der Waals surface area contributed by atoms with E-state index in [2.05, 4.69) is 32.6 Å². The summed E-state index contributed by atoms with van der Waals surface area (Å²) in [7, 11) is 0. The molecule has 0 spiro atoms. The molecule has 1 rings (SSSR count). The first-order valence-electron chi connectivity index (χ1n) is 4.22. The molecule has 1 aliphatic rings. The van der Waals surface area contributed by atoms with Crippen LogP contribution in [0, 0.1) is 11.3 Å². The molecule has 1 aliphatic heterocycles. The van der Waals surface area contributed by atoms with E-state index in [9.17, 15) is 0 Å². The first kappa shape index (κ1) is 8.06. The fourth-order valence-electron chi connectivity index (χ4n) is 1.81. The highest BCUT2D eigenvalue weighted by Crippen LogP contribution is 2.28. The molecule has 0 aromatic carbocycles. The summed E-state index contributed by atoms with van der Waals surface area (Å²) in [5.74, 6) is 0.830. The molecule has 1 heterocycles. The number of nitrogens with zero attached hydrogens (tertiary/aromatic N) is 1. The van der Waals surface area contributed by atoms with Crippen molar-refractivity contribution in [3.8, 4) is 0 Å². The third kappa shape index (κ3) is 1.98. The molecular formula is C9H19N. The van der Waals surface area contributed by atoms with Crippen LogP contribution in [-0.4, -0.2) is 24.5 Å². The maximum absolute atomic E-state index is 2.53. The van der Waals surface area contributed by atoms with E-state index in [1.807, 2.05) is 0 Å². The van der Waals surface area contributed by atoms with Crippen molar-refractivity contribution in [2.75, 3.05) is 19.6 Å². The average Bonchev–Trinajstić information content (AvgIpc) is 1.57. The maximum Gasteiger partial charge on any atom is 0.00453 e. The Kier molecular flexibility index (Phi) is 2.04. The number of hydrogen-bond acceptors (Lipinski definition) is 1. The van der Waals surface area contributed by atoms with Gasteiger partial charge in [0.25, 0.3) is 0 Å². The molecule has 0 aliphatic carbocycles. The summed E-state index contributed by atoms with van der Waals surface area (Å²) in [6, 6.07) is 0. The van der Waals surface area contributed by atoms with Gasteiger partial charge in [-0.3, -0.25) is 0 Å². The Morgan fingerprint density at radius 1 is 1.30 bits per heavy atom. The molecule has 0 aromatic rings. The van der Waals surface area contributed by atoms with Crippen LogP contribution >= 0.6 is 0 Å². The molecule has 0 bridgehead atoms. The Hall–Kier alpha value is -0.0400. The summed E-state index contributed by atoms with van der Waals surface area (Å²) >= 11 is 0. The van der Waals surface area contributed by atoms with Crippen molar-refractivity contribution >= 4 is 0 Å². The Labute approximate surface area is 64.4 Å². The zero-order valence-corrected chi connectivity index (χ0v) is 7.65. The molecule has 1 nitrogen and oxygen atoms in total. The standard InChI is InChI=1S/C9H19N/c1-8(2)5-10-6-9(3,4)7-10/h8H,5-7H2,1-4H3. The van der Waals surface area contributed by atoms with Crippen LogP contribution in [0.3, 0.4) is 0 Å². The van der Waals surface area contributed by atoms with Crippen LogP contribution in [0.5, 0.6) is 0 Å². The fourth-order valence-corrected chi connectivity index (χ4v) is 1.81. The smallest absolute Gasteiger partial charge is 0.00453 e. The van der Waals surface area contributed by atoms with Crippen LogP contribution in [0.2, 0.25) is 0 Å². The van der Waals surface area contributed by atoms with Gasteiger partial charge in [0, 0.05) is 19.6 Å². The third-order valence-corrected chi connectivity index (χ3v) is 1.93. The molecule has 0 amide bonds. The zero-order valence-electron chi connectivity index (χ0n) is 7.65.